The second-order valence-corrected chi connectivity index (χ2v) is 7.70. The second-order valence-electron chi connectivity index (χ2n) is 7.70. The Morgan fingerprint density at radius 3 is 2.59 bits per heavy atom. The molecule has 2 aliphatic rings. The van der Waals surface area contributed by atoms with Gasteiger partial charge in [-0.15, -0.1) is 5.10 Å². The monoisotopic (exact) mass is 370 g/mol. The molecule has 1 saturated carbocycles. The van der Waals surface area contributed by atoms with Gasteiger partial charge in [0.05, 0.1) is 24.3 Å². The second kappa shape index (κ2) is 7.36. The normalized spacial score (nSPS) is 24.5. The van der Waals surface area contributed by atoms with Gasteiger partial charge in [0.15, 0.2) is 5.82 Å². The maximum atomic E-state index is 12.6. The first-order valence-corrected chi connectivity index (χ1v) is 9.53. The van der Waals surface area contributed by atoms with E-state index in [-0.39, 0.29) is 30.2 Å². The van der Waals surface area contributed by atoms with Crippen LogP contribution in [0.25, 0.3) is 0 Å². The van der Waals surface area contributed by atoms with Gasteiger partial charge in [0, 0.05) is 13.1 Å². The number of nitrogens with one attached hydrogen (secondary N) is 1. The summed E-state index contributed by atoms with van der Waals surface area (Å²) >= 11 is 0. The summed E-state index contributed by atoms with van der Waals surface area (Å²) in [6.07, 6.45) is 2.30. The van der Waals surface area contributed by atoms with Gasteiger partial charge < -0.3 is 10.1 Å². The summed E-state index contributed by atoms with van der Waals surface area (Å²) in [6.45, 7) is 6.55. The number of amides is 1. The van der Waals surface area contributed by atoms with Crippen LogP contribution in [0.1, 0.15) is 38.1 Å². The molecular formula is C19H26N6O2. The molecule has 1 amide bonds. The number of carbonyl (C=O) groups excluding carboxylic acids is 1. The van der Waals surface area contributed by atoms with E-state index in [9.17, 15) is 4.79 Å². The van der Waals surface area contributed by atoms with Crippen LogP contribution in [-0.2, 0) is 28.2 Å². The number of nitrogens with zero attached hydrogens (tertiary/aromatic N) is 5. The first-order valence-electron chi connectivity index (χ1n) is 9.53. The van der Waals surface area contributed by atoms with Gasteiger partial charge in [-0.05, 0) is 42.7 Å². The lowest BCUT2D eigenvalue weighted by molar-refractivity contribution is -0.123. The summed E-state index contributed by atoms with van der Waals surface area (Å²) in [4.78, 5) is 14.9. The van der Waals surface area contributed by atoms with Crippen molar-refractivity contribution in [3.05, 3.63) is 41.7 Å². The number of aromatic nitrogens is 4. The lowest BCUT2D eigenvalue weighted by Gasteiger charge is -2.34. The molecule has 8 heteroatoms. The quantitative estimate of drug-likeness (QED) is 0.819. The highest BCUT2D eigenvalue weighted by atomic mass is 16.5. The average molecular weight is 370 g/mol. The smallest absolute Gasteiger partial charge is 0.242 e. The van der Waals surface area contributed by atoms with Crippen LogP contribution in [0, 0.1) is 0 Å². The fourth-order valence-electron chi connectivity index (χ4n) is 3.88. The zero-order valence-corrected chi connectivity index (χ0v) is 15.8. The van der Waals surface area contributed by atoms with Gasteiger partial charge in [-0.25, -0.2) is 4.68 Å². The molecule has 1 aliphatic heterocycles. The van der Waals surface area contributed by atoms with E-state index in [1.54, 1.807) is 4.68 Å². The molecule has 144 valence electrons. The molecule has 2 atom stereocenters. The Bertz CT molecular complexity index is 779. The van der Waals surface area contributed by atoms with Crippen molar-refractivity contribution >= 4 is 5.91 Å². The van der Waals surface area contributed by atoms with Crippen molar-refractivity contribution in [1.29, 1.82) is 0 Å². The predicted octanol–water partition coefficient (Wildman–Crippen LogP) is 1.09. The molecule has 0 spiro atoms. The predicted molar refractivity (Wildman–Crippen MR) is 98.6 cm³/mol. The number of benzene rings is 1. The lowest BCUT2D eigenvalue weighted by Crippen LogP contribution is -2.45. The van der Waals surface area contributed by atoms with Crippen molar-refractivity contribution in [3.63, 3.8) is 0 Å². The number of hydrogen-bond acceptors (Lipinski definition) is 6. The van der Waals surface area contributed by atoms with Crippen molar-refractivity contribution in [2.75, 3.05) is 13.1 Å². The highest BCUT2D eigenvalue weighted by molar-refractivity contribution is 5.77. The molecule has 0 radical (unpaired) electrons. The van der Waals surface area contributed by atoms with Crippen LogP contribution >= 0.6 is 0 Å². The lowest BCUT2D eigenvalue weighted by atomic mass is 10.1. The van der Waals surface area contributed by atoms with Gasteiger partial charge >= 0.3 is 0 Å². The van der Waals surface area contributed by atoms with Crippen molar-refractivity contribution < 1.29 is 9.53 Å². The molecular weight excluding hydrogens is 344 g/mol. The molecule has 27 heavy (non-hydrogen) atoms. The minimum atomic E-state index is -0.221. The molecule has 2 heterocycles. The third-order valence-electron chi connectivity index (χ3n) is 5.21. The van der Waals surface area contributed by atoms with Gasteiger partial charge in [-0.3, -0.25) is 9.69 Å². The molecule has 1 aliphatic carbocycles. The van der Waals surface area contributed by atoms with Crippen LogP contribution in [0.4, 0.5) is 0 Å². The Kier molecular flexibility index (Phi) is 4.92. The van der Waals surface area contributed by atoms with E-state index in [0.717, 1.165) is 31.5 Å². The van der Waals surface area contributed by atoms with Gasteiger partial charge in [0.1, 0.15) is 6.54 Å². The average Bonchev–Trinajstić information content (AvgIpc) is 3.29. The molecule has 4 rings (SSSR count). The fourth-order valence-corrected chi connectivity index (χ4v) is 3.88. The summed E-state index contributed by atoms with van der Waals surface area (Å²) in [5.74, 6) is 0.643. The summed E-state index contributed by atoms with van der Waals surface area (Å²) in [7, 11) is 0. The number of rotatable bonds is 6. The van der Waals surface area contributed by atoms with Crippen LogP contribution in [-0.4, -0.2) is 56.3 Å². The molecule has 2 fully saturated rings. The highest BCUT2D eigenvalue weighted by Gasteiger charge is 2.45. The maximum Gasteiger partial charge on any atom is 0.242 e. The number of hydrogen-bond donors (Lipinski definition) is 1. The Balaban J connectivity index is 1.38. The number of tetrazole rings is 1. The molecule has 1 N–H and O–H groups in total. The first-order chi connectivity index (χ1) is 13.0. The minimum Gasteiger partial charge on any atom is -0.373 e. The fraction of sp³-hybridized carbons (Fsp3) is 0.579. The van der Waals surface area contributed by atoms with Crippen molar-refractivity contribution in [3.8, 4) is 0 Å². The van der Waals surface area contributed by atoms with Crippen LogP contribution in [0.3, 0.4) is 0 Å². The summed E-state index contributed by atoms with van der Waals surface area (Å²) < 4.78 is 7.37. The zero-order chi connectivity index (χ0) is 18.9. The number of carbonyl (C=O) groups is 1. The summed E-state index contributed by atoms with van der Waals surface area (Å²) in [5.41, 5.74) is 0.938. The minimum absolute atomic E-state index is 0.0615. The third-order valence-corrected chi connectivity index (χ3v) is 5.21. The Morgan fingerprint density at radius 1 is 1.22 bits per heavy atom. The summed E-state index contributed by atoms with van der Waals surface area (Å²) in [6, 6.07) is 10.1. The SMILES string of the molecule is C[C@@H]1CN(Cc2nnnn2CC(=O)NC2(c3ccccc3)CC2)C[C@H](C)O1. The van der Waals surface area contributed by atoms with Crippen LogP contribution in [0.15, 0.2) is 30.3 Å². The largest absolute Gasteiger partial charge is 0.373 e. The van der Waals surface area contributed by atoms with E-state index in [2.05, 4.69) is 51.7 Å². The molecule has 1 saturated heterocycles. The summed E-state index contributed by atoms with van der Waals surface area (Å²) in [5, 5.41) is 15.1. The first kappa shape index (κ1) is 18.1. The van der Waals surface area contributed by atoms with Gasteiger partial charge in [-0.1, -0.05) is 30.3 Å². The molecule has 2 aromatic rings. The van der Waals surface area contributed by atoms with E-state index in [1.807, 2.05) is 18.2 Å². The van der Waals surface area contributed by atoms with E-state index >= 15 is 0 Å². The van der Waals surface area contributed by atoms with Crippen LogP contribution in [0.2, 0.25) is 0 Å². The Morgan fingerprint density at radius 2 is 1.93 bits per heavy atom. The van der Waals surface area contributed by atoms with Crippen LogP contribution < -0.4 is 5.32 Å². The number of ether oxygens (including phenoxy) is 1. The van der Waals surface area contributed by atoms with E-state index in [4.69, 9.17) is 4.74 Å². The molecule has 8 nitrogen and oxygen atoms in total. The van der Waals surface area contributed by atoms with Crippen LogP contribution in [0.5, 0.6) is 0 Å². The van der Waals surface area contributed by atoms with Gasteiger partial charge in [0.2, 0.25) is 5.91 Å². The van der Waals surface area contributed by atoms with E-state index in [1.165, 1.54) is 0 Å². The Hall–Kier alpha value is -2.32. The molecule has 1 aromatic carbocycles. The highest BCUT2D eigenvalue weighted by Crippen LogP contribution is 2.45. The Labute approximate surface area is 158 Å². The van der Waals surface area contributed by atoms with Crippen molar-refractivity contribution in [2.45, 2.75) is 57.5 Å². The van der Waals surface area contributed by atoms with E-state index in [0.29, 0.717) is 12.4 Å². The van der Waals surface area contributed by atoms with E-state index < -0.39 is 0 Å². The van der Waals surface area contributed by atoms with Crippen molar-refractivity contribution in [1.82, 2.24) is 30.4 Å². The topological polar surface area (TPSA) is 85.2 Å². The third kappa shape index (κ3) is 4.17. The molecule has 0 unspecified atom stereocenters. The number of morpholine rings is 1. The molecule has 0 bridgehead atoms. The molecule has 1 aromatic heterocycles. The van der Waals surface area contributed by atoms with Gasteiger partial charge in [-0.2, -0.15) is 0 Å². The standard InChI is InChI=1S/C19H26N6O2/c1-14-10-24(11-15(2)27-14)12-17-21-22-23-25(17)13-18(26)20-19(8-9-19)16-6-4-3-5-7-16/h3-7,14-15H,8-13H2,1-2H3,(H,20,26)/t14-,15+. The maximum absolute atomic E-state index is 12.6. The zero-order valence-electron chi connectivity index (χ0n) is 15.8. The van der Waals surface area contributed by atoms with Crippen molar-refractivity contribution in [2.24, 2.45) is 0 Å². The van der Waals surface area contributed by atoms with Gasteiger partial charge in [0.25, 0.3) is 0 Å².